The van der Waals surface area contributed by atoms with E-state index in [0.29, 0.717) is 30.9 Å². The van der Waals surface area contributed by atoms with Crippen LogP contribution in [0.4, 0.5) is 4.39 Å². The van der Waals surface area contributed by atoms with Crippen molar-refractivity contribution in [1.29, 1.82) is 0 Å². The van der Waals surface area contributed by atoms with Gasteiger partial charge in [0.05, 0.1) is 11.9 Å². The van der Waals surface area contributed by atoms with Crippen molar-refractivity contribution in [3.63, 3.8) is 0 Å². The highest BCUT2D eigenvalue weighted by Gasteiger charge is 2.39. The third-order valence-electron chi connectivity index (χ3n) is 4.35. The van der Waals surface area contributed by atoms with Crippen LogP contribution in [0.25, 0.3) is 5.69 Å². The number of nitrogens with one attached hydrogen (secondary N) is 1. The summed E-state index contributed by atoms with van der Waals surface area (Å²) in [5.74, 6) is -0.311. The SMILES string of the molecule is O[C@@]1(c2cn[nH]n2)CCN(Cc2ccn(-c3ccccc3F)n2)C1. The zero-order valence-corrected chi connectivity index (χ0v) is 12.9. The molecule has 2 N–H and O–H groups in total. The number of H-pyrrole nitrogens is 1. The minimum atomic E-state index is -0.985. The lowest BCUT2D eigenvalue weighted by atomic mass is 10.0. The van der Waals surface area contributed by atoms with Gasteiger partial charge in [-0.1, -0.05) is 12.1 Å². The van der Waals surface area contributed by atoms with E-state index < -0.39 is 5.60 Å². The molecule has 3 aromatic rings. The van der Waals surface area contributed by atoms with Gasteiger partial charge in [-0.15, -0.1) is 0 Å². The van der Waals surface area contributed by atoms with Gasteiger partial charge < -0.3 is 5.11 Å². The van der Waals surface area contributed by atoms with Gasteiger partial charge in [0.15, 0.2) is 0 Å². The second-order valence-electron chi connectivity index (χ2n) is 6.05. The summed E-state index contributed by atoms with van der Waals surface area (Å²) in [6, 6.07) is 8.39. The molecule has 1 aliphatic heterocycles. The van der Waals surface area contributed by atoms with Crippen LogP contribution < -0.4 is 0 Å². The molecule has 0 amide bonds. The molecule has 2 aromatic heterocycles. The van der Waals surface area contributed by atoms with Crippen molar-refractivity contribution < 1.29 is 9.50 Å². The van der Waals surface area contributed by atoms with E-state index in [4.69, 9.17) is 0 Å². The number of hydrogen-bond acceptors (Lipinski definition) is 5. The van der Waals surface area contributed by atoms with E-state index in [1.54, 1.807) is 30.6 Å². The number of aliphatic hydroxyl groups is 1. The Kier molecular flexibility index (Phi) is 3.62. The van der Waals surface area contributed by atoms with Gasteiger partial charge in [-0.3, -0.25) is 4.90 Å². The molecule has 1 saturated heterocycles. The van der Waals surface area contributed by atoms with E-state index in [9.17, 15) is 9.50 Å². The van der Waals surface area contributed by atoms with E-state index in [1.165, 1.54) is 10.7 Å². The number of hydrogen-bond donors (Lipinski definition) is 2. The molecule has 24 heavy (non-hydrogen) atoms. The molecular weight excluding hydrogens is 311 g/mol. The number of β-amino-alcohol motifs (C(OH)–C–C–N with tert-alkyl or cyclic N) is 1. The minimum Gasteiger partial charge on any atom is -0.382 e. The van der Waals surface area contributed by atoms with Gasteiger partial charge in [0.25, 0.3) is 0 Å². The molecule has 0 spiro atoms. The third kappa shape index (κ3) is 2.70. The topological polar surface area (TPSA) is 82.9 Å². The van der Waals surface area contributed by atoms with Crippen LogP contribution in [-0.4, -0.2) is 48.3 Å². The number of nitrogens with zero attached hydrogens (tertiary/aromatic N) is 5. The van der Waals surface area contributed by atoms with Crippen LogP contribution in [0.15, 0.2) is 42.7 Å². The molecule has 3 heterocycles. The Morgan fingerprint density at radius 3 is 2.96 bits per heavy atom. The Bertz CT molecular complexity index is 833. The molecule has 1 atom stereocenters. The van der Waals surface area contributed by atoms with Crippen LogP contribution >= 0.6 is 0 Å². The van der Waals surface area contributed by atoms with Gasteiger partial charge in [0.2, 0.25) is 0 Å². The van der Waals surface area contributed by atoms with Crippen LogP contribution in [0.3, 0.4) is 0 Å². The van der Waals surface area contributed by atoms with E-state index >= 15 is 0 Å². The number of aromatic nitrogens is 5. The molecule has 1 aliphatic rings. The Balaban J connectivity index is 1.47. The molecule has 0 unspecified atom stereocenters. The molecule has 0 aliphatic carbocycles. The van der Waals surface area contributed by atoms with Gasteiger partial charge in [0.1, 0.15) is 22.8 Å². The van der Waals surface area contributed by atoms with Crippen LogP contribution in [0.2, 0.25) is 0 Å². The second kappa shape index (κ2) is 5.81. The van der Waals surface area contributed by atoms with Crippen LogP contribution in [-0.2, 0) is 12.1 Å². The molecule has 0 radical (unpaired) electrons. The van der Waals surface area contributed by atoms with Crippen LogP contribution in [0.5, 0.6) is 0 Å². The Morgan fingerprint density at radius 2 is 2.17 bits per heavy atom. The average Bonchev–Trinajstić information content (AvgIpc) is 3.30. The second-order valence-corrected chi connectivity index (χ2v) is 6.05. The lowest BCUT2D eigenvalue weighted by Gasteiger charge is -2.20. The number of rotatable bonds is 4. The Hall–Kier alpha value is -2.58. The maximum absolute atomic E-state index is 13.8. The summed E-state index contributed by atoms with van der Waals surface area (Å²) in [6.07, 6.45) is 3.89. The van der Waals surface area contributed by atoms with Crippen LogP contribution in [0, 0.1) is 5.82 Å². The van der Waals surface area contributed by atoms with Gasteiger partial charge in [-0.25, -0.2) is 9.07 Å². The molecule has 8 heteroatoms. The summed E-state index contributed by atoms with van der Waals surface area (Å²) in [6.45, 7) is 1.78. The fourth-order valence-corrected chi connectivity index (χ4v) is 3.09. The minimum absolute atomic E-state index is 0.311. The molecular formula is C16H17FN6O. The summed E-state index contributed by atoms with van der Waals surface area (Å²) in [4.78, 5) is 2.10. The van der Waals surface area contributed by atoms with Crippen molar-refractivity contribution in [1.82, 2.24) is 30.1 Å². The molecule has 4 rings (SSSR count). The zero-order chi connectivity index (χ0) is 16.6. The normalized spacial score (nSPS) is 21.4. The van der Waals surface area contributed by atoms with Crippen molar-refractivity contribution in [2.24, 2.45) is 0 Å². The van der Waals surface area contributed by atoms with E-state index in [0.717, 1.165) is 12.2 Å². The summed E-state index contributed by atoms with van der Waals surface area (Å²) in [5, 5.41) is 25.4. The molecule has 1 fully saturated rings. The molecule has 7 nitrogen and oxygen atoms in total. The Morgan fingerprint density at radius 1 is 1.29 bits per heavy atom. The lowest BCUT2D eigenvalue weighted by molar-refractivity contribution is 0.0407. The first kappa shape index (κ1) is 15.0. The first-order valence-corrected chi connectivity index (χ1v) is 7.74. The standard InChI is InChI=1S/C16H17FN6O/c17-13-3-1-2-4-14(13)23-7-5-12(20-23)10-22-8-6-16(24,11-22)15-9-18-21-19-15/h1-5,7,9,24H,6,8,10-11H2,(H,18,19,21)/t16-/m0/s1. The largest absolute Gasteiger partial charge is 0.382 e. The first-order chi connectivity index (χ1) is 11.6. The fourth-order valence-electron chi connectivity index (χ4n) is 3.09. The molecule has 0 saturated carbocycles. The van der Waals surface area contributed by atoms with Crippen molar-refractivity contribution in [2.75, 3.05) is 13.1 Å². The summed E-state index contributed by atoms with van der Waals surface area (Å²) < 4.78 is 15.4. The first-order valence-electron chi connectivity index (χ1n) is 7.74. The van der Waals surface area contributed by atoms with E-state index in [-0.39, 0.29) is 5.82 Å². The molecule has 124 valence electrons. The van der Waals surface area contributed by atoms with Gasteiger partial charge in [-0.05, 0) is 24.6 Å². The maximum atomic E-state index is 13.8. The zero-order valence-electron chi connectivity index (χ0n) is 12.9. The predicted octanol–water partition coefficient (Wildman–Crippen LogP) is 1.22. The van der Waals surface area contributed by atoms with Gasteiger partial charge >= 0.3 is 0 Å². The number of para-hydroxylation sites is 1. The van der Waals surface area contributed by atoms with Crippen molar-refractivity contribution >= 4 is 0 Å². The van der Waals surface area contributed by atoms with Crippen LogP contribution in [0.1, 0.15) is 17.8 Å². The highest BCUT2D eigenvalue weighted by molar-refractivity contribution is 5.32. The van der Waals surface area contributed by atoms with Gasteiger partial charge in [0, 0.05) is 25.8 Å². The summed E-state index contributed by atoms with van der Waals surface area (Å²) in [5.41, 5.74) is 0.815. The van der Waals surface area contributed by atoms with Crippen molar-refractivity contribution in [2.45, 2.75) is 18.6 Å². The van der Waals surface area contributed by atoms with Crippen molar-refractivity contribution in [3.8, 4) is 5.69 Å². The monoisotopic (exact) mass is 328 g/mol. The quantitative estimate of drug-likeness (QED) is 0.752. The lowest BCUT2D eigenvalue weighted by Crippen LogP contribution is -2.31. The molecule has 0 bridgehead atoms. The average molecular weight is 328 g/mol. The summed E-state index contributed by atoms with van der Waals surface area (Å²) >= 11 is 0. The number of halogens is 1. The number of likely N-dealkylation sites (tertiary alicyclic amines) is 1. The predicted molar refractivity (Wildman–Crippen MR) is 83.7 cm³/mol. The van der Waals surface area contributed by atoms with Gasteiger partial charge in [-0.2, -0.15) is 20.5 Å². The van der Waals surface area contributed by atoms with E-state index in [2.05, 4.69) is 25.4 Å². The highest BCUT2D eigenvalue weighted by Crippen LogP contribution is 2.30. The summed E-state index contributed by atoms with van der Waals surface area (Å²) in [7, 11) is 0. The van der Waals surface area contributed by atoms with Crippen molar-refractivity contribution in [3.05, 3.63) is 59.9 Å². The molecule has 1 aromatic carbocycles. The fraction of sp³-hybridized carbons (Fsp3) is 0.312. The third-order valence-corrected chi connectivity index (χ3v) is 4.35. The smallest absolute Gasteiger partial charge is 0.148 e. The van der Waals surface area contributed by atoms with E-state index in [1.807, 2.05) is 6.07 Å². The maximum Gasteiger partial charge on any atom is 0.148 e. The number of benzene rings is 1. The highest BCUT2D eigenvalue weighted by atomic mass is 19.1. The Labute approximate surface area is 137 Å². The number of aromatic amines is 1.